The van der Waals surface area contributed by atoms with Gasteiger partial charge in [-0.3, -0.25) is 25.0 Å². The van der Waals surface area contributed by atoms with Gasteiger partial charge in [0.25, 0.3) is 11.4 Å². The summed E-state index contributed by atoms with van der Waals surface area (Å²) >= 11 is 0. The predicted octanol–water partition coefficient (Wildman–Crippen LogP) is 5.87. The van der Waals surface area contributed by atoms with Gasteiger partial charge >= 0.3 is 12.0 Å². The van der Waals surface area contributed by atoms with Gasteiger partial charge in [-0.15, -0.1) is 0 Å². The van der Waals surface area contributed by atoms with Gasteiger partial charge < -0.3 is 10.4 Å². The molecule has 0 aromatic heterocycles. The van der Waals surface area contributed by atoms with E-state index in [2.05, 4.69) is 29.7 Å². The van der Waals surface area contributed by atoms with Crippen molar-refractivity contribution in [2.75, 3.05) is 5.32 Å². The fraction of sp³-hybridized carbons (Fsp3) is 0.667. The van der Waals surface area contributed by atoms with E-state index in [-0.39, 0.29) is 27.9 Å². The predicted molar refractivity (Wildman–Crippen MR) is 142 cm³/mol. The quantitative estimate of drug-likeness (QED) is 0.308. The number of carbonyl (C=O) groups excluding carboxylic acids is 1. The van der Waals surface area contributed by atoms with Crippen LogP contribution < -0.4 is 10.7 Å². The van der Waals surface area contributed by atoms with Gasteiger partial charge in [-0.25, -0.2) is 10.2 Å². The van der Waals surface area contributed by atoms with E-state index in [4.69, 9.17) is 0 Å². The number of rotatable bonds is 5. The highest BCUT2D eigenvalue weighted by molar-refractivity contribution is 5.96. The van der Waals surface area contributed by atoms with E-state index in [1.54, 1.807) is 0 Å². The topological polar surface area (TPSA) is 177 Å². The molecule has 1 spiro atoms. The van der Waals surface area contributed by atoms with Crippen molar-refractivity contribution >= 4 is 34.8 Å². The Bertz CT molecular complexity index is 1300. The van der Waals surface area contributed by atoms with Crippen LogP contribution in [0.25, 0.3) is 0 Å². The molecule has 2 bridgehead atoms. The number of carboxylic acid groups (broad SMARTS) is 1. The zero-order chi connectivity index (χ0) is 28.4. The molecule has 0 radical (unpaired) electrons. The molecule has 6 atom stereocenters. The third-order valence-electron chi connectivity index (χ3n) is 10.8. The Kier molecular flexibility index (Phi) is 6.23. The van der Waals surface area contributed by atoms with E-state index in [1.165, 1.54) is 0 Å². The highest BCUT2D eigenvalue weighted by atomic mass is 16.6. The molecule has 4 saturated carbocycles. The first-order valence-electron chi connectivity index (χ1n) is 13.5. The zero-order valence-corrected chi connectivity index (χ0v) is 22.5. The number of non-ortho nitro benzene ring substituents is 1. The van der Waals surface area contributed by atoms with E-state index in [0.29, 0.717) is 5.92 Å². The number of anilines is 1. The first kappa shape index (κ1) is 27.0. The van der Waals surface area contributed by atoms with Crippen molar-refractivity contribution in [2.45, 2.75) is 78.6 Å². The van der Waals surface area contributed by atoms with Gasteiger partial charge in [-0.1, -0.05) is 20.3 Å². The summed E-state index contributed by atoms with van der Waals surface area (Å²) in [6.45, 7) is 6.42. The van der Waals surface area contributed by atoms with Crippen molar-refractivity contribution in [1.82, 2.24) is 5.43 Å². The summed E-state index contributed by atoms with van der Waals surface area (Å²) in [4.78, 5) is 45.9. The number of carbonyl (C=O) groups is 2. The molecular formula is C27H35N5O7. The second kappa shape index (κ2) is 8.99. The number of aliphatic carboxylic acids is 1. The SMILES string of the molecule is CC12CCC3C(CCC4C(C)(C(=O)O)CCCC34C)(CC1=NNC(=O)Nc1ccc([N+](=O)[O-])cc1[N+](=O)[O-])C2. The Hall–Kier alpha value is -3.57. The lowest BCUT2D eigenvalue weighted by molar-refractivity contribution is -0.393. The molecule has 39 heavy (non-hydrogen) atoms. The standard InChI is InChI=1S/C27H35N5O7/c1-24-11-7-20-25(2)9-4-10-26(3,22(33)34)19(25)8-12-27(20,15-24)14-21(24)29-30-23(35)28-17-6-5-16(31(36)37)13-18(17)32(38)39/h5-6,13,19-20H,4,7-12,14-15H2,1-3H3,(H,33,34)(H2,28,30,35). The smallest absolute Gasteiger partial charge is 0.339 e. The molecule has 3 N–H and O–H groups in total. The second-order valence-electron chi connectivity index (χ2n) is 12.9. The molecule has 4 fully saturated rings. The van der Waals surface area contributed by atoms with Gasteiger partial charge in [-0.2, -0.15) is 5.10 Å². The number of hydrogen-bond donors (Lipinski definition) is 3. The van der Waals surface area contributed by atoms with Crippen LogP contribution in [0.3, 0.4) is 0 Å². The number of urea groups is 1. The molecule has 5 rings (SSSR count). The second-order valence-corrected chi connectivity index (χ2v) is 12.9. The highest BCUT2D eigenvalue weighted by Gasteiger charge is 2.67. The molecule has 0 heterocycles. The lowest BCUT2D eigenvalue weighted by Crippen LogP contribution is -2.58. The van der Waals surface area contributed by atoms with Crippen LogP contribution in [0.2, 0.25) is 0 Å². The van der Waals surface area contributed by atoms with Gasteiger partial charge in [0.1, 0.15) is 5.69 Å². The number of nitrogens with one attached hydrogen (secondary N) is 2. The minimum Gasteiger partial charge on any atom is -0.481 e. The number of hydrazone groups is 1. The van der Waals surface area contributed by atoms with Crippen molar-refractivity contribution < 1.29 is 24.5 Å². The molecule has 0 aliphatic heterocycles. The largest absolute Gasteiger partial charge is 0.481 e. The fourth-order valence-corrected chi connectivity index (χ4v) is 9.12. The Morgan fingerprint density at radius 2 is 1.74 bits per heavy atom. The number of amides is 2. The van der Waals surface area contributed by atoms with Crippen molar-refractivity contribution in [2.24, 2.45) is 38.6 Å². The monoisotopic (exact) mass is 541 g/mol. The summed E-state index contributed by atoms with van der Waals surface area (Å²) < 4.78 is 0. The van der Waals surface area contributed by atoms with E-state index in [1.807, 2.05) is 6.92 Å². The number of benzene rings is 1. The lowest BCUT2D eigenvalue weighted by atomic mass is 9.40. The van der Waals surface area contributed by atoms with Crippen LogP contribution in [-0.4, -0.2) is 32.7 Å². The first-order chi connectivity index (χ1) is 18.2. The van der Waals surface area contributed by atoms with Gasteiger partial charge in [0.2, 0.25) is 0 Å². The molecule has 210 valence electrons. The van der Waals surface area contributed by atoms with Crippen LogP contribution in [0.5, 0.6) is 0 Å². The third-order valence-corrected chi connectivity index (χ3v) is 10.8. The van der Waals surface area contributed by atoms with Gasteiger partial charge in [0.05, 0.1) is 21.3 Å². The van der Waals surface area contributed by atoms with Crippen LogP contribution in [0.4, 0.5) is 21.9 Å². The van der Waals surface area contributed by atoms with Gasteiger partial charge in [0, 0.05) is 17.2 Å². The van der Waals surface area contributed by atoms with Gasteiger partial charge in [-0.05, 0) is 87.0 Å². The van der Waals surface area contributed by atoms with Crippen LogP contribution in [0.1, 0.15) is 78.6 Å². The molecule has 1 aromatic carbocycles. The van der Waals surface area contributed by atoms with E-state index < -0.39 is 38.6 Å². The maximum absolute atomic E-state index is 12.7. The molecule has 1 aromatic rings. The average molecular weight is 542 g/mol. The maximum Gasteiger partial charge on any atom is 0.339 e. The zero-order valence-electron chi connectivity index (χ0n) is 22.5. The summed E-state index contributed by atoms with van der Waals surface area (Å²) in [6.07, 6.45) is 8.07. The van der Waals surface area contributed by atoms with E-state index in [0.717, 1.165) is 81.7 Å². The van der Waals surface area contributed by atoms with Crippen molar-refractivity contribution in [3.63, 3.8) is 0 Å². The normalized spacial score (nSPS) is 37.9. The van der Waals surface area contributed by atoms with Crippen molar-refractivity contribution in [3.8, 4) is 0 Å². The number of nitro benzene ring substituents is 2. The van der Waals surface area contributed by atoms with Crippen LogP contribution in [-0.2, 0) is 4.79 Å². The Labute approximate surface area is 225 Å². The number of carboxylic acids is 1. The van der Waals surface area contributed by atoms with E-state index in [9.17, 15) is 34.9 Å². The minimum absolute atomic E-state index is 0.0170. The summed E-state index contributed by atoms with van der Waals surface area (Å²) in [7, 11) is 0. The highest BCUT2D eigenvalue weighted by Crippen LogP contribution is 2.73. The Morgan fingerprint density at radius 1 is 1.03 bits per heavy atom. The molecule has 4 aliphatic carbocycles. The molecular weight excluding hydrogens is 506 g/mol. The van der Waals surface area contributed by atoms with Crippen LogP contribution in [0, 0.1) is 53.7 Å². The summed E-state index contributed by atoms with van der Waals surface area (Å²) in [6, 6.07) is 2.26. The fourth-order valence-electron chi connectivity index (χ4n) is 9.12. The summed E-state index contributed by atoms with van der Waals surface area (Å²) in [5.41, 5.74) is 1.29. The molecule has 0 saturated heterocycles. The van der Waals surface area contributed by atoms with Crippen LogP contribution >= 0.6 is 0 Å². The maximum atomic E-state index is 12.7. The minimum atomic E-state index is -0.785. The molecule has 12 heteroatoms. The van der Waals surface area contributed by atoms with Crippen molar-refractivity contribution in [3.05, 3.63) is 38.4 Å². The summed E-state index contributed by atoms with van der Waals surface area (Å²) in [5, 5.41) is 39.4. The number of nitro groups is 2. The van der Waals surface area contributed by atoms with Crippen molar-refractivity contribution in [1.29, 1.82) is 0 Å². The third kappa shape index (κ3) is 4.15. The molecule has 6 unspecified atom stereocenters. The Balaban J connectivity index is 1.35. The molecule has 12 nitrogen and oxygen atoms in total. The molecule has 2 amide bonds. The first-order valence-corrected chi connectivity index (χ1v) is 13.5. The number of nitrogens with zero attached hydrogens (tertiary/aromatic N) is 3. The summed E-state index contributed by atoms with van der Waals surface area (Å²) in [5.74, 6) is -0.161. The average Bonchev–Trinajstić information content (AvgIpc) is 3.06. The van der Waals surface area contributed by atoms with Crippen LogP contribution in [0.15, 0.2) is 23.3 Å². The number of fused-ring (bicyclic) bond motifs is 3. The molecule has 4 aliphatic rings. The van der Waals surface area contributed by atoms with Gasteiger partial charge in [0.15, 0.2) is 0 Å². The lowest BCUT2D eigenvalue weighted by Gasteiger charge is -2.63. The van der Waals surface area contributed by atoms with E-state index >= 15 is 0 Å². The number of hydrogen-bond acceptors (Lipinski definition) is 7. The Morgan fingerprint density at radius 3 is 2.41 bits per heavy atom.